The van der Waals surface area contributed by atoms with Crippen LogP contribution >= 0.6 is 0 Å². The third kappa shape index (κ3) is 1.98. The summed E-state index contributed by atoms with van der Waals surface area (Å²) in [6.45, 7) is 4.07. The lowest BCUT2D eigenvalue weighted by atomic mass is 10.1. The van der Waals surface area contributed by atoms with E-state index in [1.807, 2.05) is 55.1 Å². The summed E-state index contributed by atoms with van der Waals surface area (Å²) in [4.78, 5) is 1.88. The molecule has 3 rings (SSSR count). The van der Waals surface area contributed by atoms with E-state index in [1.165, 1.54) is 0 Å². The maximum absolute atomic E-state index is 5.99. The Morgan fingerprint density at radius 1 is 0.950 bits per heavy atom. The van der Waals surface area contributed by atoms with Gasteiger partial charge in [0.25, 0.3) is 0 Å². The minimum absolute atomic E-state index is 0.800. The summed E-state index contributed by atoms with van der Waals surface area (Å²) in [6, 6.07) is 15.1. The summed E-state index contributed by atoms with van der Waals surface area (Å²) in [6.07, 6.45) is 5.25. The Labute approximate surface area is 119 Å². The highest BCUT2D eigenvalue weighted by Crippen LogP contribution is 2.46. The van der Waals surface area contributed by atoms with Gasteiger partial charge < -0.3 is 4.74 Å². The van der Waals surface area contributed by atoms with E-state index in [-0.39, 0.29) is 0 Å². The lowest BCUT2D eigenvalue weighted by molar-refractivity contribution is 0.476. The molecule has 0 spiro atoms. The van der Waals surface area contributed by atoms with Gasteiger partial charge in [0.05, 0.1) is 11.4 Å². The fraction of sp³-hybridized carbons (Fsp3) is 0.111. The lowest BCUT2D eigenvalue weighted by Gasteiger charge is -2.28. The highest BCUT2D eigenvalue weighted by molar-refractivity contribution is 5.81. The van der Waals surface area contributed by atoms with E-state index in [1.54, 1.807) is 0 Å². The van der Waals surface area contributed by atoms with E-state index >= 15 is 0 Å². The monoisotopic (exact) mass is 259 g/mol. The number of aryl methyl sites for hydroxylation is 2. The van der Waals surface area contributed by atoms with Gasteiger partial charge in [-0.15, -0.1) is 6.42 Å². The van der Waals surface area contributed by atoms with Gasteiger partial charge in [0.15, 0.2) is 11.5 Å². The first kappa shape index (κ1) is 12.2. The number of hydrogen-bond acceptors (Lipinski definition) is 2. The van der Waals surface area contributed by atoms with Crippen LogP contribution in [0.3, 0.4) is 0 Å². The smallest absolute Gasteiger partial charge is 0.152 e. The third-order valence-electron chi connectivity index (χ3n) is 3.17. The maximum Gasteiger partial charge on any atom is 0.152 e. The van der Waals surface area contributed by atoms with Crippen molar-refractivity contribution in [2.24, 2.45) is 0 Å². The molecule has 2 nitrogen and oxygen atoms in total. The highest BCUT2D eigenvalue weighted by atomic mass is 16.5. The van der Waals surface area contributed by atoms with Gasteiger partial charge in [-0.3, -0.25) is 4.90 Å². The normalized spacial score (nSPS) is 11.3. The van der Waals surface area contributed by atoms with Crippen molar-refractivity contribution in [3.8, 4) is 35.8 Å². The molecule has 2 aromatic rings. The molecular formula is C18H13NO. The average Bonchev–Trinajstić information content (AvgIpc) is 2.43. The van der Waals surface area contributed by atoms with Gasteiger partial charge in [0.1, 0.15) is 0 Å². The second-order valence-corrected chi connectivity index (χ2v) is 4.76. The van der Waals surface area contributed by atoms with E-state index < -0.39 is 0 Å². The van der Waals surface area contributed by atoms with Gasteiger partial charge in [-0.05, 0) is 55.2 Å². The van der Waals surface area contributed by atoms with Crippen molar-refractivity contribution in [1.29, 1.82) is 0 Å². The molecule has 0 radical (unpaired) electrons. The molecule has 20 heavy (non-hydrogen) atoms. The molecule has 0 saturated carbocycles. The van der Waals surface area contributed by atoms with Crippen molar-refractivity contribution in [2.45, 2.75) is 13.8 Å². The topological polar surface area (TPSA) is 12.5 Å². The van der Waals surface area contributed by atoms with Gasteiger partial charge in [0, 0.05) is 12.0 Å². The summed E-state index contributed by atoms with van der Waals surface area (Å²) >= 11 is 0. The minimum atomic E-state index is 0.800. The number of benzene rings is 2. The Kier molecular flexibility index (Phi) is 2.86. The van der Waals surface area contributed by atoms with Gasteiger partial charge in [-0.25, -0.2) is 0 Å². The summed E-state index contributed by atoms with van der Waals surface area (Å²) in [5.74, 6) is 6.63. The van der Waals surface area contributed by atoms with Crippen LogP contribution in [0.4, 0.5) is 11.4 Å². The molecule has 0 amide bonds. The summed E-state index contributed by atoms with van der Waals surface area (Å²) in [5.41, 5.74) is 4.11. The van der Waals surface area contributed by atoms with Crippen LogP contribution in [0.2, 0.25) is 0 Å². The summed E-state index contributed by atoms with van der Waals surface area (Å²) in [7, 11) is 0. The molecule has 0 saturated heterocycles. The quantitative estimate of drug-likeness (QED) is 0.659. The van der Waals surface area contributed by atoms with E-state index in [0.717, 1.165) is 34.0 Å². The molecule has 0 aliphatic carbocycles. The van der Waals surface area contributed by atoms with E-state index in [2.05, 4.69) is 17.9 Å². The van der Waals surface area contributed by atoms with Gasteiger partial charge in [-0.1, -0.05) is 12.1 Å². The van der Waals surface area contributed by atoms with Gasteiger partial charge >= 0.3 is 0 Å². The first-order chi connectivity index (χ1) is 9.69. The number of anilines is 2. The Balaban J connectivity index is 2.22. The molecule has 1 aliphatic rings. The zero-order valence-electron chi connectivity index (χ0n) is 11.4. The van der Waals surface area contributed by atoms with Crippen LogP contribution in [0.15, 0.2) is 36.4 Å². The van der Waals surface area contributed by atoms with Crippen LogP contribution in [0.5, 0.6) is 11.5 Å². The van der Waals surface area contributed by atoms with Crippen LogP contribution < -0.4 is 9.64 Å². The summed E-state index contributed by atoms with van der Waals surface area (Å²) in [5, 5.41) is 0. The van der Waals surface area contributed by atoms with Crippen molar-refractivity contribution in [3.63, 3.8) is 0 Å². The van der Waals surface area contributed by atoms with Crippen molar-refractivity contribution in [2.75, 3.05) is 4.90 Å². The minimum Gasteiger partial charge on any atom is -0.453 e. The van der Waals surface area contributed by atoms with E-state index in [4.69, 9.17) is 11.2 Å². The molecule has 0 fully saturated rings. The van der Waals surface area contributed by atoms with Gasteiger partial charge in [0.2, 0.25) is 0 Å². The molecule has 96 valence electrons. The average molecular weight is 259 g/mol. The molecule has 2 aromatic carbocycles. The second-order valence-electron chi connectivity index (χ2n) is 4.76. The lowest BCUT2D eigenvalue weighted by Crippen LogP contribution is -2.15. The number of terminal acetylenes is 1. The number of rotatable bonds is 0. The first-order valence-corrected chi connectivity index (χ1v) is 6.34. The fourth-order valence-corrected chi connectivity index (χ4v) is 2.23. The molecule has 0 N–H and O–H groups in total. The second kappa shape index (κ2) is 4.68. The van der Waals surface area contributed by atoms with Crippen molar-refractivity contribution in [3.05, 3.63) is 47.5 Å². The highest BCUT2D eigenvalue weighted by Gasteiger charge is 2.23. The molecule has 0 atom stereocenters. The number of nitrogens with zero attached hydrogens (tertiary/aromatic N) is 1. The molecule has 0 aromatic heterocycles. The van der Waals surface area contributed by atoms with Crippen molar-refractivity contribution in [1.82, 2.24) is 0 Å². The number of hydrogen-bond donors (Lipinski definition) is 0. The Bertz CT molecular complexity index is 736. The fourth-order valence-electron chi connectivity index (χ4n) is 2.23. The first-order valence-electron chi connectivity index (χ1n) is 6.34. The van der Waals surface area contributed by atoms with Crippen molar-refractivity contribution >= 4 is 11.4 Å². The van der Waals surface area contributed by atoms with Crippen LogP contribution in [-0.4, -0.2) is 0 Å². The SMILES string of the molecule is C#CC#CN1c2ccc(C)cc2Oc2cc(C)ccc21. The number of ether oxygens (including phenoxy) is 1. The molecule has 2 heteroatoms. The molecular weight excluding hydrogens is 246 g/mol. The maximum atomic E-state index is 5.99. The van der Waals surface area contributed by atoms with Crippen LogP contribution in [0.25, 0.3) is 0 Å². The third-order valence-corrected chi connectivity index (χ3v) is 3.17. The largest absolute Gasteiger partial charge is 0.453 e. The van der Waals surface area contributed by atoms with Gasteiger partial charge in [-0.2, -0.15) is 0 Å². The Morgan fingerprint density at radius 2 is 1.50 bits per heavy atom. The van der Waals surface area contributed by atoms with Crippen LogP contribution in [0.1, 0.15) is 11.1 Å². The molecule has 0 bridgehead atoms. The zero-order chi connectivity index (χ0) is 14.1. The van der Waals surface area contributed by atoms with E-state index in [0.29, 0.717) is 0 Å². The number of fused-ring (bicyclic) bond motifs is 2. The standard InChI is InChI=1S/C18H13NO/c1-4-5-10-19-15-8-6-13(2)11-17(15)20-18-12-14(3)7-9-16(18)19/h1,6-9,11-12H,2-3H3. The van der Waals surface area contributed by atoms with E-state index in [9.17, 15) is 0 Å². The van der Waals surface area contributed by atoms with Crippen molar-refractivity contribution < 1.29 is 4.74 Å². The zero-order valence-corrected chi connectivity index (χ0v) is 11.4. The molecule has 1 aliphatic heterocycles. The van der Waals surface area contributed by atoms with Crippen LogP contribution in [-0.2, 0) is 0 Å². The predicted octanol–water partition coefficient (Wildman–Crippen LogP) is 4.14. The Hall–Kier alpha value is -2.84. The van der Waals surface area contributed by atoms with Crippen LogP contribution in [0, 0.1) is 38.2 Å². The predicted molar refractivity (Wildman–Crippen MR) is 81.2 cm³/mol. The Morgan fingerprint density at radius 3 is 2.00 bits per heavy atom. The molecule has 1 heterocycles. The molecule has 0 unspecified atom stereocenters. The summed E-state index contributed by atoms with van der Waals surface area (Å²) < 4.78 is 5.99.